The normalized spacial score (nSPS) is 18.3. The number of carbonyl (C=O) groups is 1. The summed E-state index contributed by atoms with van der Waals surface area (Å²) >= 11 is 6.15. The van der Waals surface area contributed by atoms with Gasteiger partial charge in [0.2, 0.25) is 20.0 Å². The lowest BCUT2D eigenvalue weighted by Crippen LogP contribution is -2.40. The zero-order valence-corrected chi connectivity index (χ0v) is 20.1. The molecular weight excluding hydrogens is 490 g/mol. The number of benzene rings is 2. The molecule has 0 radical (unpaired) electrons. The molecule has 9 nitrogen and oxygen atoms in total. The number of nitrogens with zero attached hydrogens (tertiary/aromatic N) is 2. The smallest absolute Gasteiger partial charge is 0.255 e. The number of halogens is 1. The molecule has 2 aromatic carbocycles. The molecule has 0 saturated carbocycles. The summed E-state index contributed by atoms with van der Waals surface area (Å²) in [5, 5.41) is 2.69. The third-order valence-electron chi connectivity index (χ3n) is 5.60. The van der Waals surface area contributed by atoms with Gasteiger partial charge in [0.15, 0.2) is 0 Å². The van der Waals surface area contributed by atoms with E-state index in [-0.39, 0.29) is 33.5 Å². The summed E-state index contributed by atoms with van der Waals surface area (Å²) in [4.78, 5) is 12.8. The van der Waals surface area contributed by atoms with Crippen molar-refractivity contribution in [2.24, 2.45) is 0 Å². The Morgan fingerprint density at radius 3 is 2.09 bits per heavy atom. The molecule has 12 heteroatoms. The number of hydrogen-bond donors (Lipinski definition) is 1. The van der Waals surface area contributed by atoms with Crippen LogP contribution in [-0.2, 0) is 24.8 Å². The van der Waals surface area contributed by atoms with Crippen molar-refractivity contribution >= 4 is 43.2 Å². The second kappa shape index (κ2) is 9.69. The lowest BCUT2D eigenvalue weighted by molar-refractivity contribution is 0.0730. The topological polar surface area (TPSA) is 113 Å². The van der Waals surface area contributed by atoms with Gasteiger partial charge >= 0.3 is 0 Å². The minimum Gasteiger partial charge on any atom is -0.379 e. The molecule has 1 N–H and O–H groups in total. The van der Waals surface area contributed by atoms with Gasteiger partial charge in [-0.05, 0) is 55.3 Å². The van der Waals surface area contributed by atoms with Crippen molar-refractivity contribution in [1.29, 1.82) is 0 Å². The third kappa shape index (κ3) is 5.08. The van der Waals surface area contributed by atoms with Crippen molar-refractivity contribution in [2.75, 3.05) is 44.7 Å². The van der Waals surface area contributed by atoms with Crippen LogP contribution < -0.4 is 5.32 Å². The zero-order chi connectivity index (χ0) is 23.6. The van der Waals surface area contributed by atoms with E-state index in [4.69, 9.17) is 16.3 Å². The van der Waals surface area contributed by atoms with E-state index >= 15 is 0 Å². The molecule has 1 amide bonds. The van der Waals surface area contributed by atoms with Crippen LogP contribution >= 0.6 is 11.6 Å². The largest absolute Gasteiger partial charge is 0.379 e. The zero-order valence-electron chi connectivity index (χ0n) is 17.7. The summed E-state index contributed by atoms with van der Waals surface area (Å²) in [6.45, 7) is 2.02. The first-order chi connectivity index (χ1) is 15.7. The van der Waals surface area contributed by atoms with E-state index in [0.29, 0.717) is 32.0 Å². The molecule has 0 bridgehead atoms. The Labute approximate surface area is 198 Å². The molecule has 2 saturated heterocycles. The van der Waals surface area contributed by atoms with Gasteiger partial charge in [-0.3, -0.25) is 4.79 Å². The Kier molecular flexibility index (Phi) is 7.08. The average molecular weight is 514 g/mol. The minimum atomic E-state index is -3.88. The van der Waals surface area contributed by atoms with Crippen molar-refractivity contribution in [3.8, 4) is 0 Å². The lowest BCUT2D eigenvalue weighted by Gasteiger charge is -2.26. The molecule has 0 atom stereocenters. The molecule has 0 unspecified atom stereocenters. The fourth-order valence-corrected chi connectivity index (χ4v) is 7.18. The van der Waals surface area contributed by atoms with Crippen molar-refractivity contribution in [3.63, 3.8) is 0 Å². The van der Waals surface area contributed by atoms with Crippen LogP contribution in [0.15, 0.2) is 52.3 Å². The van der Waals surface area contributed by atoms with Gasteiger partial charge in [0.05, 0.1) is 23.1 Å². The molecule has 4 rings (SSSR count). The Balaban J connectivity index is 1.51. The average Bonchev–Trinajstić information content (AvgIpc) is 3.36. The minimum absolute atomic E-state index is 0.0227. The van der Waals surface area contributed by atoms with E-state index in [1.165, 1.54) is 51.1 Å². The number of ether oxygens (including phenoxy) is 1. The second-order valence-electron chi connectivity index (χ2n) is 7.75. The van der Waals surface area contributed by atoms with Crippen LogP contribution in [0.3, 0.4) is 0 Å². The highest BCUT2D eigenvalue weighted by Crippen LogP contribution is 2.27. The second-order valence-corrected chi connectivity index (χ2v) is 12.0. The number of nitrogens with one attached hydrogen (secondary N) is 1. The summed E-state index contributed by atoms with van der Waals surface area (Å²) < 4.78 is 59.2. The Morgan fingerprint density at radius 2 is 1.45 bits per heavy atom. The number of amides is 1. The van der Waals surface area contributed by atoms with Crippen molar-refractivity contribution < 1.29 is 26.4 Å². The molecule has 0 aromatic heterocycles. The first kappa shape index (κ1) is 24.1. The van der Waals surface area contributed by atoms with Gasteiger partial charge in [-0.15, -0.1) is 0 Å². The Bertz CT molecular complexity index is 1240. The monoisotopic (exact) mass is 513 g/mol. The molecule has 178 valence electrons. The van der Waals surface area contributed by atoms with E-state index < -0.39 is 26.0 Å². The number of hydrogen-bond acceptors (Lipinski definition) is 6. The van der Waals surface area contributed by atoms with Crippen LogP contribution in [0.25, 0.3) is 0 Å². The van der Waals surface area contributed by atoms with Gasteiger partial charge in [0.25, 0.3) is 5.91 Å². The highest BCUT2D eigenvalue weighted by molar-refractivity contribution is 7.89. The summed E-state index contributed by atoms with van der Waals surface area (Å²) in [7, 11) is -7.43. The van der Waals surface area contributed by atoms with Crippen LogP contribution in [0.1, 0.15) is 23.2 Å². The number of sulfonamides is 2. The highest BCUT2D eigenvalue weighted by Gasteiger charge is 2.29. The molecular formula is C21H24ClN3O6S2. The summed E-state index contributed by atoms with van der Waals surface area (Å²) in [6.07, 6.45) is 1.69. The molecule has 2 fully saturated rings. The van der Waals surface area contributed by atoms with E-state index in [1.807, 2.05) is 0 Å². The first-order valence-electron chi connectivity index (χ1n) is 10.5. The van der Waals surface area contributed by atoms with E-state index in [9.17, 15) is 21.6 Å². The maximum absolute atomic E-state index is 13.0. The molecule has 2 heterocycles. The maximum Gasteiger partial charge on any atom is 0.255 e. The van der Waals surface area contributed by atoms with Crippen molar-refractivity contribution in [2.45, 2.75) is 22.6 Å². The van der Waals surface area contributed by atoms with Crippen LogP contribution in [-0.4, -0.2) is 70.7 Å². The van der Waals surface area contributed by atoms with Crippen LogP contribution in [0.4, 0.5) is 5.69 Å². The van der Waals surface area contributed by atoms with E-state index in [2.05, 4.69) is 5.32 Å². The standard InChI is InChI=1S/C21H24ClN3O6S2/c22-19-8-3-16(15-20(19)33(29,30)25-11-13-31-14-12-25)21(26)23-17-4-6-18(7-5-17)32(27,28)24-9-1-2-10-24/h3-8,15H,1-2,9-14H2,(H,23,26). The predicted octanol–water partition coefficient (Wildman–Crippen LogP) is 2.40. The maximum atomic E-state index is 13.0. The number of carbonyl (C=O) groups excluding carboxylic acids is 1. The molecule has 2 aromatic rings. The van der Waals surface area contributed by atoms with Crippen LogP contribution in [0, 0.1) is 0 Å². The summed E-state index contributed by atoms with van der Waals surface area (Å²) in [5.74, 6) is -0.541. The number of anilines is 1. The van der Waals surface area contributed by atoms with Crippen molar-refractivity contribution in [1.82, 2.24) is 8.61 Å². The quantitative estimate of drug-likeness (QED) is 0.634. The van der Waals surface area contributed by atoms with Gasteiger partial charge < -0.3 is 10.1 Å². The van der Waals surface area contributed by atoms with Gasteiger partial charge in [-0.25, -0.2) is 16.8 Å². The van der Waals surface area contributed by atoms with E-state index in [1.54, 1.807) is 0 Å². The lowest BCUT2D eigenvalue weighted by atomic mass is 10.2. The Morgan fingerprint density at radius 1 is 0.848 bits per heavy atom. The third-order valence-corrected chi connectivity index (χ3v) is 9.89. The van der Waals surface area contributed by atoms with Crippen molar-refractivity contribution in [3.05, 3.63) is 53.1 Å². The fraction of sp³-hybridized carbons (Fsp3) is 0.381. The summed E-state index contributed by atoms with van der Waals surface area (Å²) in [6, 6.07) is 9.94. The highest BCUT2D eigenvalue weighted by atomic mass is 35.5. The first-order valence-corrected chi connectivity index (χ1v) is 13.7. The fourth-order valence-electron chi connectivity index (χ4n) is 3.76. The predicted molar refractivity (Wildman–Crippen MR) is 123 cm³/mol. The molecule has 0 aliphatic carbocycles. The Hall–Kier alpha value is -2.02. The molecule has 2 aliphatic heterocycles. The van der Waals surface area contributed by atoms with E-state index in [0.717, 1.165) is 12.8 Å². The molecule has 2 aliphatic rings. The summed E-state index contributed by atoms with van der Waals surface area (Å²) in [5.41, 5.74) is 0.493. The number of rotatable bonds is 6. The van der Waals surface area contributed by atoms with Gasteiger partial charge in [0, 0.05) is 37.4 Å². The van der Waals surface area contributed by atoms with Gasteiger partial charge in [0.1, 0.15) is 4.90 Å². The van der Waals surface area contributed by atoms with Gasteiger partial charge in [-0.2, -0.15) is 8.61 Å². The number of morpholine rings is 1. The molecule has 33 heavy (non-hydrogen) atoms. The molecule has 0 spiro atoms. The van der Waals surface area contributed by atoms with Crippen LogP contribution in [0.5, 0.6) is 0 Å². The SMILES string of the molecule is O=C(Nc1ccc(S(=O)(=O)N2CCCC2)cc1)c1ccc(Cl)c(S(=O)(=O)N2CCOCC2)c1. The van der Waals surface area contributed by atoms with Gasteiger partial charge in [-0.1, -0.05) is 11.6 Å². The van der Waals surface area contributed by atoms with Crippen LogP contribution in [0.2, 0.25) is 5.02 Å².